The first kappa shape index (κ1) is 22.6. The first-order valence-corrected chi connectivity index (χ1v) is 9.94. The predicted octanol–water partition coefficient (Wildman–Crippen LogP) is 4.88. The second-order valence-electron chi connectivity index (χ2n) is 7.49. The van der Waals surface area contributed by atoms with E-state index in [1.54, 1.807) is 36.4 Å². The molecule has 0 saturated carbocycles. The highest BCUT2D eigenvalue weighted by Crippen LogP contribution is 2.40. The molecule has 156 valence electrons. The molecule has 2 N–H and O–H groups in total. The smallest absolute Gasteiger partial charge is 0.412 e. The molecule has 1 amide bonds. The molecule has 0 aromatic heterocycles. The summed E-state index contributed by atoms with van der Waals surface area (Å²) >= 11 is 3.89. The van der Waals surface area contributed by atoms with Crippen molar-refractivity contribution in [1.82, 2.24) is 0 Å². The van der Waals surface area contributed by atoms with Gasteiger partial charge in [-0.15, -0.1) is 0 Å². The molecule has 0 fully saturated rings. The highest BCUT2D eigenvalue weighted by Gasteiger charge is 2.34. The number of amides is 1. The zero-order valence-corrected chi connectivity index (χ0v) is 17.7. The quantitative estimate of drug-likeness (QED) is 0.421. The van der Waals surface area contributed by atoms with Gasteiger partial charge in [0.05, 0.1) is 12.4 Å². The standard InChI is InChI=1S/C22H27NO5S/c1-15-4-8-17(9-5-15)23-21(26)28-20(16-6-10-18(24)11-7-16)22(2,3)12-13-27-19(25)14-29/h4-11,20,24,29H,12-14H2,1-3H3,(H,23,26)/t20-/m1/s1. The number of aryl methyl sites for hydroxylation is 1. The lowest BCUT2D eigenvalue weighted by molar-refractivity contribution is -0.141. The van der Waals surface area contributed by atoms with Crippen molar-refractivity contribution >= 4 is 30.4 Å². The Morgan fingerprint density at radius 2 is 1.72 bits per heavy atom. The van der Waals surface area contributed by atoms with E-state index in [0.29, 0.717) is 12.1 Å². The Balaban J connectivity index is 2.15. The predicted molar refractivity (Wildman–Crippen MR) is 115 cm³/mol. The number of rotatable bonds is 8. The minimum absolute atomic E-state index is 0.0112. The molecule has 0 bridgehead atoms. The van der Waals surface area contributed by atoms with Gasteiger partial charge >= 0.3 is 12.1 Å². The van der Waals surface area contributed by atoms with Crippen molar-refractivity contribution in [2.24, 2.45) is 5.41 Å². The SMILES string of the molecule is Cc1ccc(NC(=O)O[C@H](c2ccc(O)cc2)C(C)(C)CCOC(=O)CS)cc1. The van der Waals surface area contributed by atoms with E-state index in [-0.39, 0.29) is 18.1 Å². The van der Waals surface area contributed by atoms with Gasteiger partial charge in [-0.3, -0.25) is 10.1 Å². The van der Waals surface area contributed by atoms with Gasteiger partial charge in [0.2, 0.25) is 0 Å². The summed E-state index contributed by atoms with van der Waals surface area (Å²) < 4.78 is 10.9. The van der Waals surface area contributed by atoms with Crippen LogP contribution in [0.5, 0.6) is 5.75 Å². The van der Waals surface area contributed by atoms with Gasteiger partial charge in [-0.1, -0.05) is 43.7 Å². The second-order valence-corrected chi connectivity index (χ2v) is 7.80. The largest absolute Gasteiger partial charge is 0.508 e. The van der Waals surface area contributed by atoms with Gasteiger partial charge in [0, 0.05) is 11.1 Å². The number of carbonyl (C=O) groups is 2. The number of hydrogen-bond acceptors (Lipinski definition) is 6. The maximum atomic E-state index is 12.5. The highest BCUT2D eigenvalue weighted by atomic mass is 32.1. The maximum Gasteiger partial charge on any atom is 0.412 e. The molecular formula is C22H27NO5S. The van der Waals surface area contributed by atoms with Gasteiger partial charge in [0.15, 0.2) is 0 Å². The van der Waals surface area contributed by atoms with Gasteiger partial charge in [0.1, 0.15) is 11.9 Å². The maximum absolute atomic E-state index is 12.5. The molecule has 0 unspecified atom stereocenters. The zero-order chi connectivity index (χ0) is 21.4. The van der Waals surface area contributed by atoms with Gasteiger partial charge < -0.3 is 14.6 Å². The lowest BCUT2D eigenvalue weighted by Gasteiger charge is -2.34. The van der Waals surface area contributed by atoms with Crippen LogP contribution in [0.2, 0.25) is 0 Å². The van der Waals surface area contributed by atoms with E-state index in [2.05, 4.69) is 17.9 Å². The van der Waals surface area contributed by atoms with Gasteiger partial charge in [-0.05, 0) is 43.2 Å². The van der Waals surface area contributed by atoms with Crippen LogP contribution in [0.3, 0.4) is 0 Å². The molecule has 2 aromatic rings. The minimum atomic E-state index is -0.622. The summed E-state index contributed by atoms with van der Waals surface area (Å²) in [5, 5.41) is 12.3. The normalized spacial score (nSPS) is 12.1. The average Bonchev–Trinajstić information content (AvgIpc) is 2.68. The van der Waals surface area contributed by atoms with Crippen molar-refractivity contribution in [2.75, 3.05) is 17.7 Å². The van der Waals surface area contributed by atoms with Crippen LogP contribution in [0.25, 0.3) is 0 Å². The Hall–Kier alpha value is -2.67. The van der Waals surface area contributed by atoms with Gasteiger partial charge in [-0.25, -0.2) is 4.79 Å². The van der Waals surface area contributed by atoms with E-state index < -0.39 is 23.6 Å². The fourth-order valence-electron chi connectivity index (χ4n) is 2.82. The van der Waals surface area contributed by atoms with Crippen LogP contribution >= 0.6 is 12.6 Å². The number of esters is 1. The molecule has 7 heteroatoms. The van der Waals surface area contributed by atoms with Gasteiger partial charge in [0.25, 0.3) is 0 Å². The summed E-state index contributed by atoms with van der Waals surface area (Å²) in [6, 6.07) is 13.9. The molecule has 0 radical (unpaired) electrons. The summed E-state index contributed by atoms with van der Waals surface area (Å²) in [6.45, 7) is 6.01. The van der Waals surface area contributed by atoms with Crippen LogP contribution in [0, 0.1) is 12.3 Å². The molecule has 0 aliphatic rings. The lowest BCUT2D eigenvalue weighted by Crippen LogP contribution is -2.30. The van der Waals surface area contributed by atoms with Crippen molar-refractivity contribution in [3.63, 3.8) is 0 Å². The average molecular weight is 418 g/mol. The molecule has 6 nitrogen and oxygen atoms in total. The third kappa shape index (κ3) is 7.02. The highest BCUT2D eigenvalue weighted by molar-refractivity contribution is 7.81. The number of anilines is 1. The van der Waals surface area contributed by atoms with Crippen molar-refractivity contribution in [3.05, 3.63) is 59.7 Å². The number of benzene rings is 2. The second kappa shape index (κ2) is 10.2. The molecule has 2 rings (SSSR count). The number of ether oxygens (including phenoxy) is 2. The molecule has 29 heavy (non-hydrogen) atoms. The fraction of sp³-hybridized carbons (Fsp3) is 0.364. The third-order valence-corrected chi connectivity index (χ3v) is 4.83. The number of hydrogen-bond donors (Lipinski definition) is 3. The van der Waals surface area contributed by atoms with Crippen LogP contribution in [-0.4, -0.2) is 29.5 Å². The molecule has 0 aliphatic carbocycles. The van der Waals surface area contributed by atoms with Gasteiger partial charge in [-0.2, -0.15) is 12.6 Å². The van der Waals surface area contributed by atoms with Crippen molar-refractivity contribution in [1.29, 1.82) is 0 Å². The van der Waals surface area contributed by atoms with Crippen LogP contribution in [0.1, 0.15) is 37.5 Å². The van der Waals surface area contributed by atoms with E-state index in [4.69, 9.17) is 9.47 Å². The number of carbonyl (C=O) groups excluding carboxylic acids is 2. The third-order valence-electron chi connectivity index (χ3n) is 4.57. The topological polar surface area (TPSA) is 84.9 Å². The zero-order valence-electron chi connectivity index (χ0n) is 16.8. The van der Waals surface area contributed by atoms with Crippen molar-refractivity contribution in [2.45, 2.75) is 33.3 Å². The Bertz CT molecular complexity index is 818. The molecular weight excluding hydrogens is 390 g/mol. The number of phenolic OH excluding ortho intramolecular Hbond substituents is 1. The summed E-state index contributed by atoms with van der Waals surface area (Å²) in [7, 11) is 0. The minimum Gasteiger partial charge on any atom is -0.508 e. The summed E-state index contributed by atoms with van der Waals surface area (Å²) in [5.41, 5.74) is 1.90. The monoisotopic (exact) mass is 417 g/mol. The van der Waals surface area contributed by atoms with Crippen LogP contribution < -0.4 is 5.32 Å². The Kier molecular flexibility index (Phi) is 7.96. The lowest BCUT2D eigenvalue weighted by atomic mass is 9.80. The Morgan fingerprint density at radius 1 is 1.10 bits per heavy atom. The first-order valence-electron chi connectivity index (χ1n) is 9.31. The van der Waals surface area contributed by atoms with Crippen LogP contribution in [-0.2, 0) is 14.3 Å². The molecule has 0 heterocycles. The first-order chi connectivity index (χ1) is 13.7. The summed E-state index contributed by atoms with van der Waals surface area (Å²) in [5.74, 6) is -0.266. The number of phenols is 1. The van der Waals surface area contributed by atoms with E-state index >= 15 is 0 Å². The molecule has 1 atom stereocenters. The number of aromatic hydroxyl groups is 1. The van der Waals surface area contributed by atoms with E-state index in [1.165, 1.54) is 0 Å². The fourth-order valence-corrected chi connectivity index (χ4v) is 2.92. The van der Waals surface area contributed by atoms with Crippen LogP contribution in [0.4, 0.5) is 10.5 Å². The molecule has 0 aliphatic heterocycles. The van der Waals surface area contributed by atoms with E-state index in [1.807, 2.05) is 32.9 Å². The number of thiol groups is 1. The van der Waals surface area contributed by atoms with E-state index in [9.17, 15) is 14.7 Å². The molecule has 0 spiro atoms. The Morgan fingerprint density at radius 3 is 2.31 bits per heavy atom. The molecule has 0 saturated heterocycles. The molecule has 2 aromatic carbocycles. The number of nitrogens with one attached hydrogen (secondary N) is 1. The van der Waals surface area contributed by atoms with E-state index in [0.717, 1.165) is 11.1 Å². The summed E-state index contributed by atoms with van der Waals surface area (Å²) in [6.07, 6.45) is -0.744. The van der Waals surface area contributed by atoms with Crippen molar-refractivity contribution in [3.8, 4) is 5.75 Å². The Labute approximate surface area is 176 Å². The van der Waals surface area contributed by atoms with Crippen LogP contribution in [0.15, 0.2) is 48.5 Å². The van der Waals surface area contributed by atoms with Crippen molar-refractivity contribution < 1.29 is 24.2 Å². The summed E-state index contributed by atoms with van der Waals surface area (Å²) in [4.78, 5) is 23.9.